The number of likely N-dealkylation sites (tertiary alicyclic amines) is 1. The van der Waals surface area contributed by atoms with Crippen LogP contribution in [-0.2, 0) is 9.84 Å². The molecule has 6 heteroatoms. The second kappa shape index (κ2) is 6.86. The van der Waals surface area contributed by atoms with E-state index in [2.05, 4.69) is 37.1 Å². The van der Waals surface area contributed by atoms with Crippen LogP contribution in [0.2, 0.25) is 0 Å². The van der Waals surface area contributed by atoms with Crippen LogP contribution in [0.3, 0.4) is 0 Å². The normalized spacial score (nSPS) is 25.9. The monoisotopic (exact) mass is 329 g/mol. The molecule has 2 heterocycles. The molecule has 0 radical (unpaired) electrons. The van der Waals surface area contributed by atoms with Crippen molar-refractivity contribution < 1.29 is 8.42 Å². The second-order valence-corrected chi connectivity index (χ2v) is 9.79. The number of piperidine rings is 1. The van der Waals surface area contributed by atoms with Gasteiger partial charge in [0.15, 0.2) is 0 Å². The summed E-state index contributed by atoms with van der Waals surface area (Å²) in [5.74, 6) is 0.635. The van der Waals surface area contributed by atoms with Crippen LogP contribution >= 0.6 is 0 Å². The van der Waals surface area contributed by atoms with Gasteiger partial charge in [0.1, 0.15) is 15.4 Å². The molecule has 0 spiro atoms. The lowest BCUT2D eigenvalue weighted by Gasteiger charge is -2.44. The van der Waals surface area contributed by atoms with Crippen LogP contribution in [-0.4, -0.2) is 55.0 Å². The largest absolute Gasteiger partial charge is 0.300 e. The van der Waals surface area contributed by atoms with Gasteiger partial charge in [-0.15, -0.1) is 0 Å². The minimum atomic E-state index is -2.80. The molecule has 0 saturated carbocycles. The van der Waals surface area contributed by atoms with E-state index in [9.17, 15) is 13.7 Å². The zero-order chi connectivity index (χ0) is 15.7. The molecular weight excluding hydrogens is 298 g/mol. The van der Waals surface area contributed by atoms with Crippen LogP contribution in [0.4, 0.5) is 0 Å². The molecule has 0 atom stereocenters. The minimum Gasteiger partial charge on any atom is -0.300 e. The van der Waals surface area contributed by atoms with Crippen molar-refractivity contribution in [1.82, 2.24) is 10.2 Å². The molecule has 1 N–H and O–H groups in total. The van der Waals surface area contributed by atoms with Crippen molar-refractivity contribution in [3.8, 4) is 6.07 Å². The molecule has 0 amide bonds. The molecule has 5 nitrogen and oxygen atoms in total. The number of sulfone groups is 1. The van der Waals surface area contributed by atoms with Crippen LogP contribution < -0.4 is 5.32 Å². The Labute approximate surface area is 136 Å². The fourth-order valence-corrected chi connectivity index (χ4v) is 4.96. The molecule has 0 aromatic rings. The zero-order valence-corrected chi connectivity index (χ0v) is 14.2. The highest BCUT2D eigenvalue weighted by molar-refractivity contribution is 7.91. The Morgan fingerprint density at radius 3 is 2.09 bits per heavy atom. The van der Waals surface area contributed by atoms with Gasteiger partial charge in [-0.1, -0.05) is 7.43 Å². The number of hydrogen-bond donors (Lipinski definition) is 1. The second-order valence-electron chi connectivity index (χ2n) is 7.49. The first-order valence-electron chi connectivity index (χ1n) is 7.80. The Kier molecular flexibility index (Phi) is 6.05. The van der Waals surface area contributed by atoms with Gasteiger partial charge < -0.3 is 4.90 Å². The SMILES string of the molecule is C.CC(C)(C)NC1(C#N)CCN(C2CCS(=O)(=O)CC2)CC1. The van der Waals surface area contributed by atoms with E-state index in [1.807, 2.05) is 0 Å². The third kappa shape index (κ3) is 4.94. The average Bonchev–Trinajstić information content (AvgIpc) is 2.38. The van der Waals surface area contributed by atoms with E-state index < -0.39 is 15.4 Å². The van der Waals surface area contributed by atoms with Crippen molar-refractivity contribution in [2.24, 2.45) is 0 Å². The quantitative estimate of drug-likeness (QED) is 0.838. The molecule has 0 aromatic heterocycles. The Morgan fingerprint density at radius 2 is 1.68 bits per heavy atom. The molecule has 128 valence electrons. The molecule has 0 unspecified atom stereocenters. The third-order valence-corrected chi connectivity index (χ3v) is 6.24. The van der Waals surface area contributed by atoms with Crippen molar-refractivity contribution in [1.29, 1.82) is 5.26 Å². The van der Waals surface area contributed by atoms with Gasteiger partial charge in [-0.3, -0.25) is 5.32 Å². The summed E-state index contributed by atoms with van der Waals surface area (Å²) in [5.41, 5.74) is -0.508. The standard InChI is InChI=1S/C15H27N3O2S.CH4/c1-14(2,3)17-15(12-16)6-8-18(9-7-15)13-4-10-21(19,20)11-5-13;/h13,17H,4-11H2,1-3H3;1H4. The number of nitriles is 1. The highest BCUT2D eigenvalue weighted by atomic mass is 32.2. The summed E-state index contributed by atoms with van der Waals surface area (Å²) < 4.78 is 23.0. The zero-order valence-electron chi connectivity index (χ0n) is 13.4. The molecule has 2 aliphatic rings. The predicted octanol–water partition coefficient (Wildman–Crippen LogP) is 1.95. The summed E-state index contributed by atoms with van der Waals surface area (Å²) in [6.45, 7) is 8.02. The maximum Gasteiger partial charge on any atom is 0.150 e. The first kappa shape index (κ1) is 19.4. The van der Waals surface area contributed by atoms with E-state index in [-0.39, 0.29) is 13.0 Å². The van der Waals surface area contributed by atoms with Crippen molar-refractivity contribution in [2.45, 2.75) is 71.0 Å². The topological polar surface area (TPSA) is 73.2 Å². The van der Waals surface area contributed by atoms with E-state index in [1.165, 1.54) is 0 Å². The summed E-state index contributed by atoms with van der Waals surface area (Å²) in [7, 11) is -2.80. The molecule has 2 saturated heterocycles. The van der Waals surface area contributed by atoms with Crippen molar-refractivity contribution in [3.63, 3.8) is 0 Å². The maximum atomic E-state index is 11.5. The molecular formula is C16H31N3O2S. The highest BCUT2D eigenvalue weighted by Gasteiger charge is 2.39. The van der Waals surface area contributed by atoms with Crippen LogP contribution in [0.5, 0.6) is 0 Å². The van der Waals surface area contributed by atoms with Gasteiger partial charge in [0.05, 0.1) is 17.6 Å². The maximum absolute atomic E-state index is 11.5. The van der Waals surface area contributed by atoms with Gasteiger partial charge in [-0.2, -0.15) is 5.26 Å². The van der Waals surface area contributed by atoms with Crippen LogP contribution in [0.15, 0.2) is 0 Å². The van der Waals surface area contributed by atoms with Gasteiger partial charge in [-0.05, 0) is 46.5 Å². The number of nitrogens with zero attached hydrogens (tertiary/aromatic N) is 2. The van der Waals surface area contributed by atoms with Gasteiger partial charge in [-0.25, -0.2) is 8.42 Å². The molecule has 2 rings (SSSR count). The van der Waals surface area contributed by atoms with E-state index in [0.29, 0.717) is 17.5 Å². The smallest absolute Gasteiger partial charge is 0.150 e. The fourth-order valence-electron chi connectivity index (χ4n) is 3.50. The lowest BCUT2D eigenvalue weighted by Crippen LogP contribution is -2.59. The van der Waals surface area contributed by atoms with Crippen molar-refractivity contribution in [2.75, 3.05) is 24.6 Å². The van der Waals surface area contributed by atoms with Gasteiger partial charge in [0.2, 0.25) is 0 Å². The molecule has 2 aliphatic heterocycles. The number of nitrogens with one attached hydrogen (secondary N) is 1. The van der Waals surface area contributed by atoms with E-state index in [4.69, 9.17) is 0 Å². The summed E-state index contributed by atoms with van der Waals surface area (Å²) >= 11 is 0. The third-order valence-electron chi connectivity index (χ3n) is 4.52. The lowest BCUT2D eigenvalue weighted by molar-refractivity contribution is 0.103. The van der Waals surface area contributed by atoms with Crippen LogP contribution in [0.25, 0.3) is 0 Å². The van der Waals surface area contributed by atoms with Crippen molar-refractivity contribution in [3.05, 3.63) is 0 Å². The Balaban J connectivity index is 0.00000242. The fraction of sp³-hybridized carbons (Fsp3) is 0.938. The first-order chi connectivity index (χ1) is 9.65. The summed E-state index contributed by atoms with van der Waals surface area (Å²) in [6, 6.07) is 2.85. The molecule has 2 fully saturated rings. The molecule has 0 bridgehead atoms. The van der Waals surface area contributed by atoms with E-state index >= 15 is 0 Å². The van der Waals surface area contributed by atoms with Crippen LogP contribution in [0.1, 0.15) is 53.9 Å². The molecule has 22 heavy (non-hydrogen) atoms. The van der Waals surface area contributed by atoms with Gasteiger partial charge in [0, 0.05) is 24.7 Å². The van der Waals surface area contributed by atoms with E-state index in [0.717, 1.165) is 38.8 Å². The Morgan fingerprint density at radius 1 is 1.18 bits per heavy atom. The van der Waals surface area contributed by atoms with Gasteiger partial charge >= 0.3 is 0 Å². The molecule has 0 aliphatic carbocycles. The molecule has 0 aromatic carbocycles. The predicted molar refractivity (Wildman–Crippen MR) is 90.4 cm³/mol. The Hall–Kier alpha value is -0.640. The summed E-state index contributed by atoms with van der Waals surface area (Å²) in [6.07, 6.45) is 3.11. The highest BCUT2D eigenvalue weighted by Crippen LogP contribution is 2.28. The Bertz CT molecular complexity index is 494. The minimum absolute atomic E-state index is 0. The average molecular weight is 330 g/mol. The summed E-state index contributed by atoms with van der Waals surface area (Å²) in [4.78, 5) is 2.38. The first-order valence-corrected chi connectivity index (χ1v) is 9.62. The number of hydrogen-bond acceptors (Lipinski definition) is 5. The summed E-state index contributed by atoms with van der Waals surface area (Å²) in [5, 5.41) is 13.0. The van der Waals surface area contributed by atoms with Crippen molar-refractivity contribution >= 4 is 9.84 Å². The lowest BCUT2D eigenvalue weighted by atomic mass is 9.85. The van der Waals surface area contributed by atoms with Gasteiger partial charge in [0.25, 0.3) is 0 Å². The van der Waals surface area contributed by atoms with Crippen LogP contribution in [0, 0.1) is 11.3 Å². The number of rotatable bonds is 2. The van der Waals surface area contributed by atoms with E-state index in [1.54, 1.807) is 0 Å².